The summed E-state index contributed by atoms with van der Waals surface area (Å²) >= 11 is 3.08. The van der Waals surface area contributed by atoms with E-state index < -0.39 is 0 Å². The number of hydrogen-bond donors (Lipinski definition) is 0. The highest BCUT2D eigenvalue weighted by atomic mass is 32.2. The van der Waals surface area contributed by atoms with E-state index >= 15 is 0 Å². The molecule has 5 rings (SSSR count). The first-order valence-corrected chi connectivity index (χ1v) is 11.3. The number of nitrogens with zero attached hydrogens (tertiary/aromatic N) is 5. The maximum atomic E-state index is 5.43. The van der Waals surface area contributed by atoms with Crippen LogP contribution in [0.25, 0.3) is 27.8 Å². The summed E-state index contributed by atoms with van der Waals surface area (Å²) in [5.74, 6) is 3.19. The maximum absolute atomic E-state index is 5.43. The molecular weight excluding hydrogens is 430 g/mol. The molecule has 0 radical (unpaired) electrons. The Morgan fingerprint density at radius 3 is 2.58 bits per heavy atom. The fourth-order valence-corrected chi connectivity index (χ4v) is 4.48. The smallest absolute Gasteiger partial charge is 0.237 e. The van der Waals surface area contributed by atoms with Crippen LogP contribution in [0.5, 0.6) is 5.75 Å². The number of thiophene rings is 1. The molecule has 5 aromatic rings. The van der Waals surface area contributed by atoms with Crippen molar-refractivity contribution >= 4 is 23.1 Å². The predicted octanol–water partition coefficient (Wildman–Crippen LogP) is 5.35. The van der Waals surface area contributed by atoms with Crippen LogP contribution in [0.4, 0.5) is 0 Å². The van der Waals surface area contributed by atoms with E-state index in [1.54, 1.807) is 18.4 Å². The normalized spacial score (nSPS) is 11.0. The Balaban J connectivity index is 1.45. The van der Waals surface area contributed by atoms with E-state index in [4.69, 9.17) is 9.26 Å². The average Bonchev–Trinajstić information content (AvgIpc) is 3.59. The lowest BCUT2D eigenvalue weighted by atomic mass is 10.2. The van der Waals surface area contributed by atoms with Crippen molar-refractivity contribution in [3.63, 3.8) is 0 Å². The topological polar surface area (TPSA) is 78.9 Å². The number of benzene rings is 2. The molecule has 154 valence electrons. The van der Waals surface area contributed by atoms with E-state index in [0.717, 1.165) is 32.9 Å². The molecule has 0 spiro atoms. The van der Waals surface area contributed by atoms with Crippen LogP contribution >= 0.6 is 23.1 Å². The lowest BCUT2D eigenvalue weighted by molar-refractivity contribution is 0.391. The van der Waals surface area contributed by atoms with Crippen molar-refractivity contribution in [2.24, 2.45) is 0 Å². The third kappa shape index (κ3) is 4.10. The van der Waals surface area contributed by atoms with Gasteiger partial charge in [0.1, 0.15) is 5.75 Å². The number of rotatable bonds is 7. The van der Waals surface area contributed by atoms with E-state index in [1.165, 1.54) is 11.8 Å². The van der Waals surface area contributed by atoms with Gasteiger partial charge >= 0.3 is 0 Å². The van der Waals surface area contributed by atoms with Gasteiger partial charge in [0.25, 0.3) is 0 Å². The zero-order valence-electron chi connectivity index (χ0n) is 16.5. The minimum absolute atomic E-state index is 0.492. The summed E-state index contributed by atoms with van der Waals surface area (Å²) in [6, 6.07) is 21.7. The highest BCUT2D eigenvalue weighted by molar-refractivity contribution is 7.98. The second kappa shape index (κ2) is 8.75. The fraction of sp³-hybridized carbons (Fsp3) is 0.0909. The molecule has 7 nitrogen and oxygen atoms in total. The van der Waals surface area contributed by atoms with Gasteiger partial charge in [0.15, 0.2) is 11.0 Å². The third-order valence-electron chi connectivity index (χ3n) is 4.53. The number of thioether (sulfide) groups is 1. The number of para-hydroxylation sites is 1. The Morgan fingerprint density at radius 2 is 1.84 bits per heavy atom. The van der Waals surface area contributed by atoms with Crippen LogP contribution in [-0.4, -0.2) is 32.0 Å². The second-order valence-electron chi connectivity index (χ2n) is 6.48. The van der Waals surface area contributed by atoms with E-state index in [9.17, 15) is 0 Å². The van der Waals surface area contributed by atoms with Crippen molar-refractivity contribution < 1.29 is 9.26 Å². The summed E-state index contributed by atoms with van der Waals surface area (Å²) in [4.78, 5) is 5.48. The average molecular weight is 448 g/mol. The molecule has 0 saturated heterocycles. The summed E-state index contributed by atoms with van der Waals surface area (Å²) in [6.07, 6.45) is 0. The molecule has 0 aliphatic heterocycles. The quantitative estimate of drug-likeness (QED) is 0.311. The van der Waals surface area contributed by atoms with E-state index in [2.05, 4.69) is 20.3 Å². The lowest BCUT2D eigenvalue weighted by Crippen LogP contribution is -1.99. The van der Waals surface area contributed by atoms with Crippen LogP contribution in [0.3, 0.4) is 0 Å². The molecule has 2 aromatic carbocycles. The molecule has 3 heterocycles. The van der Waals surface area contributed by atoms with Crippen LogP contribution in [0, 0.1) is 0 Å². The fourth-order valence-electron chi connectivity index (χ4n) is 3.05. The van der Waals surface area contributed by atoms with Crippen LogP contribution < -0.4 is 4.74 Å². The minimum Gasteiger partial charge on any atom is -0.497 e. The highest BCUT2D eigenvalue weighted by Gasteiger charge is 2.18. The largest absolute Gasteiger partial charge is 0.497 e. The minimum atomic E-state index is 0.492. The van der Waals surface area contributed by atoms with Crippen molar-refractivity contribution in [2.75, 3.05) is 7.11 Å². The molecule has 0 aliphatic carbocycles. The summed E-state index contributed by atoms with van der Waals surface area (Å²) in [6.45, 7) is 0. The zero-order chi connectivity index (χ0) is 21.0. The Morgan fingerprint density at radius 1 is 1.00 bits per heavy atom. The molecular formula is C22H17N5O2S2. The van der Waals surface area contributed by atoms with Crippen molar-refractivity contribution in [1.82, 2.24) is 24.9 Å². The van der Waals surface area contributed by atoms with E-state index in [1.807, 2.05) is 76.7 Å². The number of hydrogen-bond acceptors (Lipinski definition) is 8. The molecule has 0 atom stereocenters. The summed E-state index contributed by atoms with van der Waals surface area (Å²) < 4.78 is 12.7. The van der Waals surface area contributed by atoms with Crippen molar-refractivity contribution in [1.29, 1.82) is 0 Å². The van der Waals surface area contributed by atoms with Crippen LogP contribution in [0.2, 0.25) is 0 Å². The Kier molecular flexibility index (Phi) is 5.51. The molecule has 0 bridgehead atoms. The predicted molar refractivity (Wildman–Crippen MR) is 121 cm³/mol. The number of ether oxygens (including phenoxy) is 1. The van der Waals surface area contributed by atoms with Crippen molar-refractivity contribution in [3.05, 3.63) is 78.0 Å². The molecule has 0 fully saturated rings. The Bertz CT molecular complexity index is 1270. The number of methoxy groups -OCH3 is 1. The van der Waals surface area contributed by atoms with Crippen LogP contribution in [0.15, 0.2) is 81.8 Å². The van der Waals surface area contributed by atoms with Gasteiger partial charge in [0, 0.05) is 11.3 Å². The van der Waals surface area contributed by atoms with Gasteiger partial charge in [-0.15, -0.1) is 21.5 Å². The molecule has 31 heavy (non-hydrogen) atoms. The third-order valence-corrected chi connectivity index (χ3v) is 6.31. The van der Waals surface area contributed by atoms with Gasteiger partial charge in [-0.3, -0.25) is 4.57 Å². The van der Waals surface area contributed by atoms with Gasteiger partial charge in [-0.05, 0) is 47.8 Å². The Hall–Kier alpha value is -3.43. The SMILES string of the molecule is COc1ccc(-c2nnc(SCc3nc(-c4cccs4)no3)n2-c2ccccc2)cc1. The molecule has 0 amide bonds. The van der Waals surface area contributed by atoms with E-state index in [0.29, 0.717) is 17.5 Å². The first-order chi connectivity index (χ1) is 15.3. The monoisotopic (exact) mass is 447 g/mol. The van der Waals surface area contributed by atoms with Crippen molar-refractivity contribution in [3.8, 4) is 33.5 Å². The molecule has 0 unspecified atom stereocenters. The molecule has 0 N–H and O–H groups in total. The van der Waals surface area contributed by atoms with Gasteiger partial charge in [-0.2, -0.15) is 4.98 Å². The second-order valence-corrected chi connectivity index (χ2v) is 8.37. The molecule has 0 saturated carbocycles. The summed E-state index contributed by atoms with van der Waals surface area (Å²) in [7, 11) is 1.65. The summed E-state index contributed by atoms with van der Waals surface area (Å²) in [5.41, 5.74) is 1.92. The summed E-state index contributed by atoms with van der Waals surface area (Å²) in [5, 5.41) is 15.7. The Labute approximate surface area is 186 Å². The van der Waals surface area contributed by atoms with Gasteiger partial charge in [-0.1, -0.05) is 41.2 Å². The first-order valence-electron chi connectivity index (χ1n) is 9.46. The van der Waals surface area contributed by atoms with Gasteiger partial charge in [-0.25, -0.2) is 0 Å². The maximum Gasteiger partial charge on any atom is 0.237 e. The van der Waals surface area contributed by atoms with Crippen LogP contribution in [0.1, 0.15) is 5.89 Å². The first kappa shape index (κ1) is 19.5. The standard InChI is InChI=1S/C22H17N5O2S2/c1-28-17-11-9-15(10-12-17)21-24-25-22(27(21)16-6-3-2-4-7-16)31-14-19-23-20(26-29-19)18-8-5-13-30-18/h2-13H,14H2,1H3. The molecule has 3 aromatic heterocycles. The lowest BCUT2D eigenvalue weighted by Gasteiger charge is -2.10. The molecule has 0 aliphatic rings. The van der Waals surface area contributed by atoms with Gasteiger partial charge in [0.2, 0.25) is 11.7 Å². The zero-order valence-corrected chi connectivity index (χ0v) is 18.1. The molecule has 9 heteroatoms. The van der Waals surface area contributed by atoms with Crippen LogP contribution in [-0.2, 0) is 5.75 Å². The highest BCUT2D eigenvalue weighted by Crippen LogP contribution is 2.31. The van der Waals surface area contributed by atoms with E-state index in [-0.39, 0.29) is 0 Å². The van der Waals surface area contributed by atoms with Gasteiger partial charge in [0.05, 0.1) is 17.7 Å². The van der Waals surface area contributed by atoms with Crippen molar-refractivity contribution in [2.45, 2.75) is 10.9 Å². The number of aromatic nitrogens is 5. The van der Waals surface area contributed by atoms with Gasteiger partial charge < -0.3 is 9.26 Å².